The number of halogens is 3. The highest BCUT2D eigenvalue weighted by atomic mass is 32.2. The van der Waals surface area contributed by atoms with Gasteiger partial charge in [0.1, 0.15) is 9.92 Å². The third-order valence-corrected chi connectivity index (χ3v) is 4.70. The highest BCUT2D eigenvalue weighted by molar-refractivity contribution is 7.91. The van der Waals surface area contributed by atoms with Crippen LogP contribution in [-0.2, 0) is 16.1 Å². The number of nitrogens with zero attached hydrogens (tertiary/aromatic N) is 1. The van der Waals surface area contributed by atoms with Crippen molar-refractivity contribution >= 4 is 26.5 Å². The molecule has 4 nitrogen and oxygen atoms in total. The molecule has 3 rings (SSSR count). The van der Waals surface area contributed by atoms with Crippen LogP contribution in [0.2, 0.25) is 0 Å². The molecule has 0 aliphatic carbocycles. The van der Waals surface area contributed by atoms with E-state index < -0.39 is 21.7 Å². The van der Waals surface area contributed by atoms with Gasteiger partial charge in [-0.2, -0.15) is 17.5 Å². The van der Waals surface area contributed by atoms with Crippen LogP contribution in [0.15, 0.2) is 64.0 Å². The summed E-state index contributed by atoms with van der Waals surface area (Å²) in [5, 5.41) is 6.40. The number of benzene rings is 2. The molecule has 1 heterocycles. The van der Waals surface area contributed by atoms with Gasteiger partial charge in [0.15, 0.2) is 0 Å². The van der Waals surface area contributed by atoms with Gasteiger partial charge in [0.2, 0.25) is 0 Å². The van der Waals surface area contributed by atoms with Crippen molar-refractivity contribution in [1.29, 1.82) is 0 Å². The van der Waals surface area contributed by atoms with Gasteiger partial charge < -0.3 is 4.98 Å². The second kappa shape index (κ2) is 5.39. The Morgan fingerprint density at radius 2 is 1.83 bits per heavy atom. The number of rotatable bonds is 2. The highest BCUT2D eigenvalue weighted by Crippen LogP contribution is 2.32. The first kappa shape index (κ1) is 15.6. The van der Waals surface area contributed by atoms with Crippen molar-refractivity contribution in [1.82, 2.24) is 4.98 Å². The maximum absolute atomic E-state index is 12.8. The molecular formula is C15H12F3N3OS. The van der Waals surface area contributed by atoms with Gasteiger partial charge >= 0.3 is 6.18 Å². The fourth-order valence-electron chi connectivity index (χ4n) is 2.18. The second-order valence-electron chi connectivity index (χ2n) is 4.91. The van der Waals surface area contributed by atoms with Gasteiger partial charge in [-0.3, -0.25) is 0 Å². The van der Waals surface area contributed by atoms with Gasteiger partial charge in [0, 0.05) is 17.1 Å². The largest absolute Gasteiger partial charge is 0.416 e. The van der Waals surface area contributed by atoms with Crippen molar-refractivity contribution in [3.05, 3.63) is 60.3 Å². The number of hydrogen-bond donors (Lipinski definition) is 2. The Morgan fingerprint density at radius 1 is 1.09 bits per heavy atom. The van der Waals surface area contributed by atoms with Crippen LogP contribution in [0.1, 0.15) is 5.56 Å². The van der Waals surface area contributed by atoms with Gasteiger partial charge in [-0.25, -0.2) is 9.35 Å². The fraction of sp³-hybridized carbons (Fsp3) is 0.0667. The molecule has 0 amide bonds. The van der Waals surface area contributed by atoms with Crippen molar-refractivity contribution in [3.8, 4) is 0 Å². The molecule has 3 aromatic rings. The van der Waals surface area contributed by atoms with E-state index >= 15 is 0 Å². The molecule has 1 atom stereocenters. The SMILES string of the molecule is NS(=O)(=Nc1c[nH]c2ccccc12)c1cccc(C(F)(F)F)c1. The summed E-state index contributed by atoms with van der Waals surface area (Å²) in [5.74, 6) is 0. The van der Waals surface area contributed by atoms with E-state index in [1.165, 1.54) is 12.3 Å². The second-order valence-corrected chi connectivity index (χ2v) is 6.70. The molecule has 8 heteroatoms. The standard InChI is InChI=1S/C15H12F3N3OS/c16-15(17,18)10-4-3-5-11(8-10)23(19,22)21-14-9-20-13-7-2-1-6-12(13)14/h1-9,20H,(H2,19,21,22). The lowest BCUT2D eigenvalue weighted by Gasteiger charge is -2.09. The third kappa shape index (κ3) is 3.08. The van der Waals surface area contributed by atoms with Crippen molar-refractivity contribution in [2.24, 2.45) is 9.50 Å². The quantitative estimate of drug-likeness (QED) is 0.721. The van der Waals surface area contributed by atoms with Crippen molar-refractivity contribution < 1.29 is 17.4 Å². The average molecular weight is 339 g/mol. The van der Waals surface area contributed by atoms with Gasteiger partial charge in [0.05, 0.1) is 16.1 Å². The maximum Gasteiger partial charge on any atom is 0.416 e. The number of para-hydroxylation sites is 1. The monoisotopic (exact) mass is 339 g/mol. The van der Waals surface area contributed by atoms with E-state index in [1.54, 1.807) is 18.2 Å². The number of fused-ring (bicyclic) bond motifs is 1. The van der Waals surface area contributed by atoms with Crippen molar-refractivity contribution in [2.45, 2.75) is 11.1 Å². The molecule has 0 fully saturated rings. The topological polar surface area (TPSA) is 71.2 Å². The average Bonchev–Trinajstić information content (AvgIpc) is 2.89. The number of nitrogens with two attached hydrogens (primary N) is 1. The molecule has 3 N–H and O–H groups in total. The Bertz CT molecular complexity index is 985. The van der Waals surface area contributed by atoms with Crippen LogP contribution in [0, 0.1) is 0 Å². The number of aromatic amines is 1. The lowest BCUT2D eigenvalue weighted by atomic mass is 10.2. The molecule has 0 radical (unpaired) electrons. The third-order valence-electron chi connectivity index (χ3n) is 3.30. The molecule has 2 aromatic carbocycles. The molecule has 0 aliphatic heterocycles. The Morgan fingerprint density at radius 3 is 2.57 bits per heavy atom. The molecule has 0 aliphatic rings. The Hall–Kier alpha value is -2.32. The predicted octanol–water partition coefficient (Wildman–Crippen LogP) is 4.22. The van der Waals surface area contributed by atoms with E-state index in [1.807, 2.05) is 6.07 Å². The van der Waals surface area contributed by atoms with Crippen LogP contribution >= 0.6 is 0 Å². The Balaban J connectivity index is 2.13. The molecule has 1 aromatic heterocycles. The zero-order chi connectivity index (χ0) is 16.7. The van der Waals surface area contributed by atoms with E-state index in [9.17, 15) is 17.4 Å². The maximum atomic E-state index is 12.8. The number of hydrogen-bond acceptors (Lipinski definition) is 2. The first-order valence-electron chi connectivity index (χ1n) is 6.56. The van der Waals surface area contributed by atoms with Crippen LogP contribution in [0.25, 0.3) is 10.9 Å². The number of alkyl halides is 3. The number of H-pyrrole nitrogens is 1. The van der Waals surface area contributed by atoms with Gasteiger partial charge in [-0.15, -0.1) is 0 Å². The van der Waals surface area contributed by atoms with E-state index in [4.69, 9.17) is 5.14 Å². The van der Waals surface area contributed by atoms with Crippen LogP contribution in [0.5, 0.6) is 0 Å². The van der Waals surface area contributed by atoms with E-state index in [0.29, 0.717) is 11.1 Å². The van der Waals surface area contributed by atoms with Gasteiger partial charge in [-0.1, -0.05) is 24.3 Å². The molecule has 0 spiro atoms. The molecule has 0 bridgehead atoms. The minimum absolute atomic E-state index is 0.169. The normalized spacial score (nSPS) is 14.6. The van der Waals surface area contributed by atoms with Crippen LogP contribution in [-0.4, -0.2) is 9.19 Å². The number of nitrogens with one attached hydrogen (secondary N) is 1. The molecule has 0 saturated carbocycles. The van der Waals surface area contributed by atoms with Crippen molar-refractivity contribution in [3.63, 3.8) is 0 Å². The van der Waals surface area contributed by atoms with Crippen LogP contribution in [0.3, 0.4) is 0 Å². The minimum Gasteiger partial charge on any atom is -0.359 e. The first-order chi connectivity index (χ1) is 10.8. The summed E-state index contributed by atoms with van der Waals surface area (Å²) in [6, 6.07) is 11.2. The Kier molecular flexibility index (Phi) is 3.65. The zero-order valence-electron chi connectivity index (χ0n) is 11.7. The van der Waals surface area contributed by atoms with Gasteiger partial charge in [0.25, 0.3) is 0 Å². The van der Waals surface area contributed by atoms with E-state index in [0.717, 1.165) is 23.7 Å². The molecule has 0 saturated heterocycles. The minimum atomic E-state index is -4.54. The Labute approximate surface area is 130 Å². The number of aromatic nitrogens is 1. The summed E-state index contributed by atoms with van der Waals surface area (Å²) < 4.78 is 54.9. The summed E-state index contributed by atoms with van der Waals surface area (Å²) in [5.41, 5.74) is 0.193. The molecule has 120 valence electrons. The summed E-state index contributed by atoms with van der Waals surface area (Å²) in [7, 11) is -3.50. The van der Waals surface area contributed by atoms with E-state index in [2.05, 4.69) is 9.35 Å². The molecule has 1 unspecified atom stereocenters. The van der Waals surface area contributed by atoms with Gasteiger partial charge in [-0.05, 0) is 24.3 Å². The summed E-state index contributed by atoms with van der Waals surface area (Å²) >= 11 is 0. The molecular weight excluding hydrogens is 327 g/mol. The smallest absolute Gasteiger partial charge is 0.359 e. The van der Waals surface area contributed by atoms with Crippen LogP contribution in [0.4, 0.5) is 18.9 Å². The van der Waals surface area contributed by atoms with E-state index in [-0.39, 0.29) is 4.90 Å². The first-order valence-corrected chi connectivity index (χ1v) is 8.13. The summed E-state index contributed by atoms with van der Waals surface area (Å²) in [4.78, 5) is 2.77. The summed E-state index contributed by atoms with van der Waals surface area (Å²) in [6.07, 6.45) is -3.02. The van der Waals surface area contributed by atoms with Crippen molar-refractivity contribution in [2.75, 3.05) is 0 Å². The highest BCUT2D eigenvalue weighted by Gasteiger charge is 2.31. The predicted molar refractivity (Wildman–Crippen MR) is 82.4 cm³/mol. The fourth-order valence-corrected chi connectivity index (χ4v) is 3.30. The molecule has 23 heavy (non-hydrogen) atoms. The summed E-state index contributed by atoms with van der Waals surface area (Å²) in [6.45, 7) is 0. The lowest BCUT2D eigenvalue weighted by Crippen LogP contribution is -2.14. The van der Waals surface area contributed by atoms with Crippen LogP contribution < -0.4 is 5.14 Å². The lowest BCUT2D eigenvalue weighted by molar-refractivity contribution is -0.137. The zero-order valence-corrected chi connectivity index (χ0v) is 12.5.